The molecule has 0 saturated heterocycles. The Labute approximate surface area is 137 Å². The third-order valence-corrected chi connectivity index (χ3v) is 4.90. The van der Waals surface area contributed by atoms with Gasteiger partial charge in [0.15, 0.2) is 0 Å². The maximum absolute atomic E-state index is 13.4. The molecule has 1 saturated carbocycles. The van der Waals surface area contributed by atoms with Crippen LogP contribution in [0.2, 0.25) is 0 Å². The summed E-state index contributed by atoms with van der Waals surface area (Å²) < 4.78 is 19.4. The molecule has 0 aromatic heterocycles. The molecule has 0 spiro atoms. The predicted molar refractivity (Wildman–Crippen MR) is 91.7 cm³/mol. The standard InChI is InChI=1S/C21H23FO/c1-2-21(16-23-15-17-7-4-3-5-8-17)12-11-19(14-21)18-9-6-10-20(22)13-18/h2-10,13,19H,1,11-12,14-16H2/t19-,21-/m1/s1. The van der Waals surface area contributed by atoms with Gasteiger partial charge in [-0.15, -0.1) is 6.58 Å². The molecular formula is C21H23FO. The van der Waals surface area contributed by atoms with Crippen molar-refractivity contribution in [3.8, 4) is 0 Å². The van der Waals surface area contributed by atoms with Crippen molar-refractivity contribution in [1.29, 1.82) is 0 Å². The quantitative estimate of drug-likeness (QED) is 0.642. The van der Waals surface area contributed by atoms with E-state index in [1.165, 1.54) is 11.6 Å². The van der Waals surface area contributed by atoms with Crippen LogP contribution < -0.4 is 0 Å². The van der Waals surface area contributed by atoms with Gasteiger partial charge in [0.1, 0.15) is 5.82 Å². The van der Waals surface area contributed by atoms with E-state index in [-0.39, 0.29) is 11.2 Å². The first kappa shape index (κ1) is 15.9. The molecular weight excluding hydrogens is 287 g/mol. The van der Waals surface area contributed by atoms with Crippen molar-refractivity contribution in [2.24, 2.45) is 5.41 Å². The molecule has 2 heteroatoms. The van der Waals surface area contributed by atoms with Crippen LogP contribution in [0.15, 0.2) is 67.3 Å². The van der Waals surface area contributed by atoms with Crippen molar-refractivity contribution in [3.63, 3.8) is 0 Å². The molecule has 3 rings (SSSR count). The summed E-state index contributed by atoms with van der Waals surface area (Å²) in [6.45, 7) is 5.34. The van der Waals surface area contributed by atoms with Crippen LogP contribution >= 0.6 is 0 Å². The van der Waals surface area contributed by atoms with Gasteiger partial charge >= 0.3 is 0 Å². The largest absolute Gasteiger partial charge is 0.376 e. The van der Waals surface area contributed by atoms with E-state index in [0.29, 0.717) is 19.1 Å². The molecule has 2 aromatic rings. The van der Waals surface area contributed by atoms with Crippen molar-refractivity contribution >= 4 is 0 Å². The Hall–Kier alpha value is -1.93. The third kappa shape index (κ3) is 3.89. The molecule has 0 aliphatic heterocycles. The molecule has 23 heavy (non-hydrogen) atoms. The summed E-state index contributed by atoms with van der Waals surface area (Å²) in [5, 5.41) is 0. The average molecular weight is 310 g/mol. The van der Waals surface area contributed by atoms with Gasteiger partial charge in [0.05, 0.1) is 13.2 Å². The summed E-state index contributed by atoms with van der Waals surface area (Å²) in [7, 11) is 0. The predicted octanol–water partition coefficient (Wildman–Crippen LogP) is 5.48. The summed E-state index contributed by atoms with van der Waals surface area (Å²) >= 11 is 0. The molecule has 1 nitrogen and oxygen atoms in total. The number of ether oxygens (including phenoxy) is 1. The Morgan fingerprint density at radius 3 is 2.74 bits per heavy atom. The summed E-state index contributed by atoms with van der Waals surface area (Å²) in [5.74, 6) is 0.239. The van der Waals surface area contributed by atoms with Gasteiger partial charge < -0.3 is 4.74 Å². The number of halogens is 1. The Kier molecular flexibility index (Phi) is 4.92. The topological polar surface area (TPSA) is 9.23 Å². The van der Waals surface area contributed by atoms with Crippen LogP contribution in [0.4, 0.5) is 4.39 Å². The van der Waals surface area contributed by atoms with Gasteiger partial charge in [-0.05, 0) is 48.4 Å². The van der Waals surface area contributed by atoms with Crippen LogP contribution in [0.3, 0.4) is 0 Å². The summed E-state index contributed by atoms with van der Waals surface area (Å²) in [6, 6.07) is 17.2. The van der Waals surface area contributed by atoms with E-state index >= 15 is 0 Å². The maximum Gasteiger partial charge on any atom is 0.123 e. The highest BCUT2D eigenvalue weighted by atomic mass is 19.1. The third-order valence-electron chi connectivity index (χ3n) is 4.90. The minimum absolute atomic E-state index is 0.00572. The van der Waals surface area contributed by atoms with Crippen molar-refractivity contribution in [2.75, 3.05) is 6.61 Å². The van der Waals surface area contributed by atoms with Crippen LogP contribution in [0, 0.1) is 11.2 Å². The first-order valence-corrected chi connectivity index (χ1v) is 8.21. The van der Waals surface area contributed by atoms with E-state index < -0.39 is 0 Å². The van der Waals surface area contributed by atoms with Crippen molar-refractivity contribution in [3.05, 3.63) is 84.2 Å². The van der Waals surface area contributed by atoms with Crippen LogP contribution in [-0.2, 0) is 11.3 Å². The van der Waals surface area contributed by atoms with E-state index in [0.717, 1.165) is 24.8 Å². The van der Waals surface area contributed by atoms with Crippen molar-refractivity contribution in [2.45, 2.75) is 31.8 Å². The molecule has 2 aromatic carbocycles. The zero-order chi connectivity index (χ0) is 16.1. The lowest BCUT2D eigenvalue weighted by Gasteiger charge is -2.25. The monoisotopic (exact) mass is 310 g/mol. The first-order chi connectivity index (χ1) is 11.2. The van der Waals surface area contributed by atoms with Crippen LogP contribution in [-0.4, -0.2) is 6.61 Å². The molecule has 0 unspecified atom stereocenters. The molecule has 0 amide bonds. The average Bonchev–Trinajstić information content (AvgIpc) is 3.01. The van der Waals surface area contributed by atoms with Crippen molar-refractivity contribution in [1.82, 2.24) is 0 Å². The Bertz CT molecular complexity index is 652. The Morgan fingerprint density at radius 2 is 2.00 bits per heavy atom. The number of hydrogen-bond donors (Lipinski definition) is 0. The number of hydrogen-bond acceptors (Lipinski definition) is 1. The lowest BCUT2D eigenvalue weighted by Crippen LogP contribution is -2.21. The first-order valence-electron chi connectivity index (χ1n) is 8.21. The normalized spacial score (nSPS) is 23.8. The van der Waals surface area contributed by atoms with E-state index in [9.17, 15) is 4.39 Å². The van der Waals surface area contributed by atoms with Crippen LogP contribution in [0.5, 0.6) is 0 Å². The highest BCUT2D eigenvalue weighted by Gasteiger charge is 2.37. The maximum atomic E-state index is 13.4. The molecule has 1 aliphatic carbocycles. The van der Waals surface area contributed by atoms with Gasteiger partial charge in [0.25, 0.3) is 0 Å². The van der Waals surface area contributed by atoms with Gasteiger partial charge in [-0.3, -0.25) is 0 Å². The SMILES string of the molecule is C=C[C@@]1(COCc2ccccc2)CC[C@@H](c2cccc(F)c2)C1. The van der Waals surface area contributed by atoms with E-state index in [4.69, 9.17) is 4.74 Å². The molecule has 2 atom stereocenters. The lowest BCUT2D eigenvalue weighted by molar-refractivity contribution is 0.0588. The van der Waals surface area contributed by atoms with E-state index in [2.05, 4.69) is 18.7 Å². The molecule has 0 bridgehead atoms. The second kappa shape index (κ2) is 7.10. The Morgan fingerprint density at radius 1 is 1.17 bits per heavy atom. The van der Waals surface area contributed by atoms with Gasteiger partial charge in [0, 0.05) is 5.41 Å². The zero-order valence-corrected chi connectivity index (χ0v) is 13.4. The fraction of sp³-hybridized carbons (Fsp3) is 0.333. The zero-order valence-electron chi connectivity index (χ0n) is 13.4. The van der Waals surface area contributed by atoms with E-state index in [1.807, 2.05) is 30.3 Å². The molecule has 0 heterocycles. The van der Waals surface area contributed by atoms with Crippen LogP contribution in [0.25, 0.3) is 0 Å². The molecule has 1 fully saturated rings. The van der Waals surface area contributed by atoms with Crippen LogP contribution in [0.1, 0.15) is 36.3 Å². The Balaban J connectivity index is 1.60. The van der Waals surface area contributed by atoms with E-state index in [1.54, 1.807) is 12.1 Å². The molecule has 0 radical (unpaired) electrons. The molecule has 120 valence electrons. The second-order valence-corrected chi connectivity index (χ2v) is 6.54. The fourth-order valence-electron chi connectivity index (χ4n) is 3.52. The number of rotatable bonds is 6. The van der Waals surface area contributed by atoms with Gasteiger partial charge in [-0.1, -0.05) is 48.5 Å². The second-order valence-electron chi connectivity index (χ2n) is 6.54. The van der Waals surface area contributed by atoms with Crippen molar-refractivity contribution < 1.29 is 9.13 Å². The van der Waals surface area contributed by atoms with Gasteiger partial charge in [-0.25, -0.2) is 4.39 Å². The molecule has 0 N–H and O–H groups in total. The highest BCUT2D eigenvalue weighted by Crippen LogP contribution is 2.47. The fourth-order valence-corrected chi connectivity index (χ4v) is 3.52. The summed E-state index contributed by atoms with van der Waals surface area (Å²) in [5.41, 5.74) is 2.29. The minimum atomic E-state index is -0.154. The summed E-state index contributed by atoms with van der Waals surface area (Å²) in [6.07, 6.45) is 5.13. The highest BCUT2D eigenvalue weighted by molar-refractivity contribution is 5.23. The minimum Gasteiger partial charge on any atom is -0.376 e. The van der Waals surface area contributed by atoms with Gasteiger partial charge in [0.2, 0.25) is 0 Å². The van der Waals surface area contributed by atoms with Gasteiger partial charge in [-0.2, -0.15) is 0 Å². The smallest absolute Gasteiger partial charge is 0.123 e. The number of benzene rings is 2. The lowest BCUT2D eigenvalue weighted by atomic mass is 9.85. The molecule has 1 aliphatic rings. The summed E-state index contributed by atoms with van der Waals surface area (Å²) in [4.78, 5) is 0.